The van der Waals surface area contributed by atoms with Gasteiger partial charge in [-0.25, -0.2) is 9.78 Å². The van der Waals surface area contributed by atoms with Gasteiger partial charge in [-0.05, 0) is 69.4 Å². The fourth-order valence-corrected chi connectivity index (χ4v) is 5.73. The average Bonchev–Trinajstić information content (AvgIpc) is 2.95. The summed E-state index contributed by atoms with van der Waals surface area (Å²) in [6, 6.07) is 23.4. The molecule has 202 valence electrons. The molecule has 1 N–H and O–H groups in total. The third kappa shape index (κ3) is 5.90. The largest absolute Gasteiger partial charge is 0.335 e. The molecule has 6 heteroatoms. The van der Waals surface area contributed by atoms with E-state index >= 15 is 0 Å². The Balaban J connectivity index is 1.59. The number of aryl methyl sites for hydroxylation is 2. The van der Waals surface area contributed by atoms with Crippen molar-refractivity contribution in [3.63, 3.8) is 0 Å². The minimum absolute atomic E-state index is 0.0973. The van der Waals surface area contributed by atoms with Crippen molar-refractivity contribution in [3.8, 4) is 5.69 Å². The maximum atomic E-state index is 14.0. The number of aromatic nitrogens is 2. The molecule has 1 fully saturated rings. The molecule has 1 atom stereocenters. The summed E-state index contributed by atoms with van der Waals surface area (Å²) in [5, 5.41) is 3.87. The van der Waals surface area contributed by atoms with Crippen molar-refractivity contribution >= 4 is 16.9 Å². The zero-order chi connectivity index (χ0) is 27.4. The zero-order valence-electron chi connectivity index (χ0n) is 23.2. The van der Waals surface area contributed by atoms with Gasteiger partial charge in [-0.3, -0.25) is 9.36 Å². The molecule has 1 aliphatic rings. The molecule has 1 aromatic heterocycles. The van der Waals surface area contributed by atoms with Gasteiger partial charge in [-0.2, -0.15) is 0 Å². The van der Waals surface area contributed by atoms with Gasteiger partial charge in [0.15, 0.2) is 0 Å². The Kier molecular flexibility index (Phi) is 8.10. The van der Waals surface area contributed by atoms with E-state index in [-0.39, 0.29) is 17.6 Å². The van der Waals surface area contributed by atoms with Gasteiger partial charge < -0.3 is 10.2 Å². The van der Waals surface area contributed by atoms with Gasteiger partial charge in [0.2, 0.25) is 0 Å². The van der Waals surface area contributed by atoms with Crippen LogP contribution in [0.2, 0.25) is 0 Å². The number of urea groups is 1. The van der Waals surface area contributed by atoms with Crippen LogP contribution in [0.1, 0.15) is 67.6 Å². The van der Waals surface area contributed by atoms with Crippen LogP contribution in [-0.2, 0) is 6.42 Å². The maximum Gasteiger partial charge on any atom is 0.318 e. The van der Waals surface area contributed by atoms with Crippen LogP contribution < -0.4 is 10.9 Å². The summed E-state index contributed by atoms with van der Waals surface area (Å²) in [5.74, 6) is 0.567. The Labute approximate surface area is 230 Å². The smallest absolute Gasteiger partial charge is 0.318 e. The van der Waals surface area contributed by atoms with Crippen LogP contribution in [0.25, 0.3) is 16.6 Å². The highest BCUT2D eigenvalue weighted by molar-refractivity contribution is 5.78. The Hall–Kier alpha value is -3.93. The van der Waals surface area contributed by atoms with E-state index in [9.17, 15) is 9.59 Å². The molecular formula is C33H38N4O2. The normalized spacial score (nSPS) is 14.7. The number of benzene rings is 3. The Morgan fingerprint density at radius 2 is 1.72 bits per heavy atom. The number of nitrogens with one attached hydrogen (secondary N) is 1. The van der Waals surface area contributed by atoms with Gasteiger partial charge in [0.25, 0.3) is 5.56 Å². The van der Waals surface area contributed by atoms with E-state index in [2.05, 4.69) is 23.5 Å². The lowest BCUT2D eigenvalue weighted by Gasteiger charge is -2.33. The summed E-state index contributed by atoms with van der Waals surface area (Å²) in [4.78, 5) is 34.7. The standard InChI is InChI=1S/C33H38N4O2/c1-23-18-19-30(24(2)22-23)37-31(35-29-17-11-10-16-28(29)32(37)38)25(3)36(21-20-26-12-6-4-7-13-26)33(39)34-27-14-8-5-9-15-27/h4,6-7,10-13,16-19,22,25,27H,5,8-9,14-15,20-21H2,1-3H3,(H,34,39). The van der Waals surface area contributed by atoms with E-state index in [1.807, 2.05) is 80.3 Å². The first kappa shape index (κ1) is 26.7. The first-order chi connectivity index (χ1) is 18.9. The number of para-hydroxylation sites is 1. The molecule has 6 nitrogen and oxygen atoms in total. The second-order valence-electron chi connectivity index (χ2n) is 10.8. The second-order valence-corrected chi connectivity index (χ2v) is 10.8. The number of carbonyl (C=O) groups is 1. The lowest BCUT2D eigenvalue weighted by molar-refractivity contribution is 0.169. The molecule has 3 aromatic carbocycles. The van der Waals surface area contributed by atoms with Crippen molar-refractivity contribution in [2.45, 2.75) is 71.4 Å². The number of hydrogen-bond acceptors (Lipinski definition) is 3. The van der Waals surface area contributed by atoms with E-state index < -0.39 is 6.04 Å². The second kappa shape index (κ2) is 11.9. The van der Waals surface area contributed by atoms with Gasteiger partial charge in [0.05, 0.1) is 22.6 Å². The van der Waals surface area contributed by atoms with Crippen molar-refractivity contribution in [3.05, 3.63) is 106 Å². The number of amides is 2. The molecule has 0 aliphatic heterocycles. The van der Waals surface area contributed by atoms with Gasteiger partial charge in [-0.1, -0.05) is 79.4 Å². The Morgan fingerprint density at radius 1 is 1.00 bits per heavy atom. The van der Waals surface area contributed by atoms with Crippen LogP contribution in [0.15, 0.2) is 77.6 Å². The first-order valence-corrected chi connectivity index (χ1v) is 14.1. The summed E-state index contributed by atoms with van der Waals surface area (Å²) in [5.41, 5.74) is 4.60. The molecule has 0 radical (unpaired) electrons. The third-order valence-electron chi connectivity index (χ3n) is 7.91. The molecule has 1 aliphatic carbocycles. The van der Waals surface area contributed by atoms with Crippen LogP contribution in [-0.4, -0.2) is 33.1 Å². The molecule has 0 bridgehead atoms. The fourth-order valence-electron chi connectivity index (χ4n) is 5.73. The molecule has 39 heavy (non-hydrogen) atoms. The van der Waals surface area contributed by atoms with Gasteiger partial charge >= 0.3 is 6.03 Å². The predicted octanol–water partition coefficient (Wildman–Crippen LogP) is 6.65. The topological polar surface area (TPSA) is 67.2 Å². The van der Waals surface area contributed by atoms with E-state index in [1.165, 1.54) is 12.0 Å². The van der Waals surface area contributed by atoms with Crippen LogP contribution in [0.5, 0.6) is 0 Å². The molecule has 1 unspecified atom stereocenters. The summed E-state index contributed by atoms with van der Waals surface area (Å²) in [6.07, 6.45) is 6.24. The first-order valence-electron chi connectivity index (χ1n) is 14.1. The predicted molar refractivity (Wildman–Crippen MR) is 157 cm³/mol. The fraction of sp³-hybridized carbons (Fsp3) is 0.364. The monoisotopic (exact) mass is 522 g/mol. The summed E-state index contributed by atoms with van der Waals surface area (Å²) >= 11 is 0. The SMILES string of the molecule is Cc1ccc(-n2c(C(C)N(CCc3ccccc3)C(=O)NC3CCCCC3)nc3ccccc3c2=O)c(C)c1. The van der Waals surface area contributed by atoms with Crippen LogP contribution >= 0.6 is 0 Å². The highest BCUT2D eigenvalue weighted by Gasteiger charge is 2.29. The van der Waals surface area contributed by atoms with E-state index in [0.29, 0.717) is 29.7 Å². The molecule has 0 saturated heterocycles. The maximum absolute atomic E-state index is 14.0. The zero-order valence-corrected chi connectivity index (χ0v) is 23.2. The number of rotatable bonds is 7. The minimum Gasteiger partial charge on any atom is -0.335 e. The average molecular weight is 523 g/mol. The lowest BCUT2D eigenvalue weighted by Crippen LogP contribution is -2.48. The number of fused-ring (bicyclic) bond motifs is 1. The van der Waals surface area contributed by atoms with E-state index in [0.717, 1.165) is 42.5 Å². The van der Waals surface area contributed by atoms with Crippen LogP contribution in [0.4, 0.5) is 4.79 Å². The lowest BCUT2D eigenvalue weighted by atomic mass is 9.96. The molecular weight excluding hydrogens is 484 g/mol. The van der Waals surface area contributed by atoms with Crippen LogP contribution in [0, 0.1) is 13.8 Å². The molecule has 4 aromatic rings. The Bertz CT molecular complexity index is 1510. The summed E-state index contributed by atoms with van der Waals surface area (Å²) < 4.78 is 1.71. The minimum atomic E-state index is -0.435. The van der Waals surface area contributed by atoms with Crippen molar-refractivity contribution < 1.29 is 4.79 Å². The van der Waals surface area contributed by atoms with Crippen molar-refractivity contribution in [1.29, 1.82) is 0 Å². The van der Waals surface area contributed by atoms with Gasteiger partial charge in [-0.15, -0.1) is 0 Å². The molecule has 2 amide bonds. The molecule has 1 saturated carbocycles. The highest BCUT2D eigenvalue weighted by atomic mass is 16.2. The summed E-state index contributed by atoms with van der Waals surface area (Å²) in [6.45, 7) is 6.56. The number of nitrogens with zero attached hydrogens (tertiary/aromatic N) is 3. The van der Waals surface area contributed by atoms with E-state index in [1.54, 1.807) is 4.57 Å². The van der Waals surface area contributed by atoms with Crippen molar-refractivity contribution in [1.82, 2.24) is 19.8 Å². The van der Waals surface area contributed by atoms with Crippen molar-refractivity contribution in [2.75, 3.05) is 6.54 Å². The Morgan fingerprint density at radius 3 is 2.46 bits per heavy atom. The van der Waals surface area contributed by atoms with Crippen molar-refractivity contribution in [2.24, 2.45) is 0 Å². The molecule has 1 heterocycles. The summed E-state index contributed by atoms with van der Waals surface area (Å²) in [7, 11) is 0. The van der Waals surface area contributed by atoms with Crippen LogP contribution in [0.3, 0.4) is 0 Å². The number of carbonyl (C=O) groups excluding carboxylic acids is 1. The molecule has 0 spiro atoms. The van der Waals surface area contributed by atoms with Gasteiger partial charge in [0, 0.05) is 12.6 Å². The highest BCUT2D eigenvalue weighted by Crippen LogP contribution is 2.26. The third-order valence-corrected chi connectivity index (χ3v) is 7.91. The quantitative estimate of drug-likeness (QED) is 0.295. The van der Waals surface area contributed by atoms with Gasteiger partial charge in [0.1, 0.15) is 5.82 Å². The molecule has 5 rings (SSSR count). The van der Waals surface area contributed by atoms with E-state index in [4.69, 9.17) is 4.98 Å². The number of hydrogen-bond donors (Lipinski definition) is 1.